The second-order valence-electron chi connectivity index (χ2n) is 10.3. The number of rotatable bonds is 9. The molecule has 6 aromatic rings. The minimum absolute atomic E-state index is 0.322. The van der Waals surface area contributed by atoms with Crippen LogP contribution >= 0.6 is 9.24 Å². The zero-order chi connectivity index (χ0) is 29.1. The molecule has 0 aliphatic carbocycles. The molecule has 42 heavy (non-hydrogen) atoms. The van der Waals surface area contributed by atoms with E-state index in [1.807, 2.05) is 56.4 Å². The second kappa shape index (κ2) is 12.1. The Hall–Kier alpha value is -4.67. The van der Waals surface area contributed by atoms with Gasteiger partial charge in [-0.25, -0.2) is 0 Å². The molecule has 0 radical (unpaired) electrons. The molecule has 0 aliphatic rings. The van der Waals surface area contributed by atoms with Crippen LogP contribution < -0.4 is 4.74 Å². The second-order valence-corrected chi connectivity index (χ2v) is 11.2. The van der Waals surface area contributed by atoms with E-state index >= 15 is 0 Å². The van der Waals surface area contributed by atoms with E-state index in [0.717, 1.165) is 39.2 Å². The summed E-state index contributed by atoms with van der Waals surface area (Å²) in [6.45, 7) is 4.57. The Bertz CT molecular complexity index is 1860. The number of fused-ring (bicyclic) bond motifs is 3. The number of allylic oxidation sites excluding steroid dienone is 1. The maximum Gasteiger partial charge on any atom is 0.248 e. The molecule has 7 heteroatoms. The molecule has 0 fully saturated rings. The van der Waals surface area contributed by atoms with E-state index < -0.39 is 0 Å². The molecule has 0 N–H and O–H groups in total. The summed E-state index contributed by atoms with van der Waals surface area (Å²) in [5, 5.41) is 11.2. The Labute approximate surface area is 248 Å². The summed E-state index contributed by atoms with van der Waals surface area (Å²) in [5.74, 6) is 1.96. The summed E-state index contributed by atoms with van der Waals surface area (Å²) < 4.78 is 14.6. The van der Waals surface area contributed by atoms with Crippen LogP contribution in [0, 0.1) is 0 Å². The van der Waals surface area contributed by atoms with Crippen LogP contribution in [0.1, 0.15) is 13.8 Å². The molecule has 0 saturated heterocycles. The van der Waals surface area contributed by atoms with Crippen LogP contribution in [0.5, 0.6) is 5.75 Å². The molecule has 210 valence electrons. The molecule has 0 spiro atoms. The van der Waals surface area contributed by atoms with E-state index in [1.165, 1.54) is 10.8 Å². The monoisotopic (exact) mass is 572 g/mol. The Morgan fingerprint density at radius 1 is 0.881 bits per heavy atom. The van der Waals surface area contributed by atoms with Crippen LogP contribution in [0.15, 0.2) is 125 Å². The summed E-state index contributed by atoms with van der Waals surface area (Å²) in [7, 11) is 4.85. The van der Waals surface area contributed by atoms with Crippen molar-refractivity contribution in [2.75, 3.05) is 13.7 Å². The van der Waals surface area contributed by atoms with Gasteiger partial charge in [-0.05, 0) is 62.4 Å². The number of aromatic nitrogens is 3. The number of nitrogens with zero attached hydrogens (tertiary/aromatic N) is 4. The molecule has 6 nitrogen and oxygen atoms in total. The molecule has 0 bridgehead atoms. The maximum atomic E-state index is 6.18. The van der Waals surface area contributed by atoms with E-state index in [-0.39, 0.29) is 0 Å². The van der Waals surface area contributed by atoms with Crippen LogP contribution in [0.4, 0.5) is 0 Å². The number of ether oxygens (including phenoxy) is 1. The highest BCUT2D eigenvalue weighted by molar-refractivity contribution is 7.17. The molecule has 4 aromatic carbocycles. The molecule has 2 atom stereocenters. The largest absolute Gasteiger partial charge is 0.489 e. The highest BCUT2D eigenvalue weighted by Crippen LogP contribution is 2.33. The summed E-state index contributed by atoms with van der Waals surface area (Å²) in [6, 6.07) is 32.9. The average molecular weight is 573 g/mol. The van der Waals surface area contributed by atoms with E-state index in [2.05, 4.69) is 109 Å². The Morgan fingerprint density at radius 3 is 2.14 bits per heavy atom. The number of benzene rings is 4. The lowest BCUT2D eigenvalue weighted by atomic mass is 10.2. The van der Waals surface area contributed by atoms with Crippen LogP contribution in [-0.2, 0) is 0 Å². The minimum atomic E-state index is 0.322. The van der Waals surface area contributed by atoms with Gasteiger partial charge >= 0.3 is 0 Å². The zero-order valence-corrected chi connectivity index (χ0v) is 25.1. The third-order valence-electron chi connectivity index (χ3n) is 7.24. The van der Waals surface area contributed by atoms with Crippen molar-refractivity contribution in [2.45, 2.75) is 19.6 Å². The molecule has 2 unspecified atom stereocenters. The SMILES string of the molecule is C/C=C\C(=C/N(C)C(C)P)COc1cccc(-c2nnc(-c3cccc(-n4c5ccccc5c5ccccc54)c3)o2)c1. The topological polar surface area (TPSA) is 56.3 Å². The van der Waals surface area contributed by atoms with Crippen molar-refractivity contribution >= 4 is 31.0 Å². The van der Waals surface area contributed by atoms with Crippen LogP contribution in [0.25, 0.3) is 50.4 Å². The molecule has 0 aliphatic heterocycles. The van der Waals surface area contributed by atoms with Gasteiger partial charge in [0.05, 0.1) is 11.0 Å². The third kappa shape index (κ3) is 5.59. The first-order chi connectivity index (χ1) is 20.5. The predicted octanol–water partition coefficient (Wildman–Crippen LogP) is 8.49. The lowest BCUT2D eigenvalue weighted by Crippen LogP contribution is -2.18. The van der Waals surface area contributed by atoms with Crippen molar-refractivity contribution < 1.29 is 9.15 Å². The molecular weight excluding hydrogens is 539 g/mol. The molecule has 6 rings (SSSR count). The van der Waals surface area contributed by atoms with E-state index in [9.17, 15) is 0 Å². The summed E-state index contributed by atoms with van der Waals surface area (Å²) in [5.41, 5.74) is 6.07. The molecule has 2 heterocycles. The maximum absolute atomic E-state index is 6.18. The van der Waals surface area contributed by atoms with Crippen molar-refractivity contribution in [2.24, 2.45) is 0 Å². The molecule has 0 amide bonds. The first-order valence-corrected chi connectivity index (χ1v) is 14.6. The third-order valence-corrected chi connectivity index (χ3v) is 7.71. The van der Waals surface area contributed by atoms with Crippen LogP contribution in [0.2, 0.25) is 0 Å². The van der Waals surface area contributed by atoms with Gasteiger partial charge in [-0.1, -0.05) is 60.7 Å². The van der Waals surface area contributed by atoms with Crippen molar-refractivity contribution in [1.29, 1.82) is 0 Å². The highest BCUT2D eigenvalue weighted by atomic mass is 31.0. The predicted molar refractivity (Wildman–Crippen MR) is 175 cm³/mol. The Balaban J connectivity index is 1.27. The average Bonchev–Trinajstić information content (AvgIpc) is 3.64. The highest BCUT2D eigenvalue weighted by Gasteiger charge is 2.15. The fourth-order valence-corrected chi connectivity index (χ4v) is 5.13. The van der Waals surface area contributed by atoms with Gasteiger partial charge in [0.2, 0.25) is 11.8 Å². The number of para-hydroxylation sites is 2. The van der Waals surface area contributed by atoms with Gasteiger partial charge < -0.3 is 18.6 Å². The van der Waals surface area contributed by atoms with Gasteiger partial charge in [0.15, 0.2) is 0 Å². The number of hydrogen-bond acceptors (Lipinski definition) is 5. The molecular formula is C35H33N4O2P. The zero-order valence-electron chi connectivity index (χ0n) is 23.9. The molecule has 0 saturated carbocycles. The standard InChI is InChI=1S/C35H33N4O2P/c1-4-11-25(22-38(3)24(2)42)23-40-29-15-10-13-27(21-29)35-37-36-34(41-35)26-12-9-14-28(20-26)39-32-18-7-5-16-30(32)31-17-6-8-19-33(31)39/h4-22,24H,23,42H2,1-3H3/b11-4-,25-22+. The van der Waals surface area contributed by atoms with E-state index in [4.69, 9.17) is 9.15 Å². The van der Waals surface area contributed by atoms with Crippen LogP contribution in [-0.4, -0.2) is 39.1 Å². The normalized spacial score (nSPS) is 12.8. The first-order valence-electron chi connectivity index (χ1n) is 14.0. The fourth-order valence-electron chi connectivity index (χ4n) is 5.04. The van der Waals surface area contributed by atoms with Gasteiger partial charge in [0.25, 0.3) is 0 Å². The Kier molecular flexibility index (Phi) is 7.89. The fraction of sp³-hybridized carbons (Fsp3) is 0.143. The van der Waals surface area contributed by atoms with Crippen LogP contribution in [0.3, 0.4) is 0 Å². The van der Waals surface area contributed by atoms with Crippen molar-refractivity contribution in [3.63, 3.8) is 0 Å². The lowest BCUT2D eigenvalue weighted by molar-refractivity contribution is 0.349. The van der Waals surface area contributed by atoms with E-state index in [0.29, 0.717) is 24.2 Å². The summed E-state index contributed by atoms with van der Waals surface area (Å²) in [4.78, 5) is 2.13. The van der Waals surface area contributed by atoms with Crippen molar-refractivity contribution in [1.82, 2.24) is 19.7 Å². The Morgan fingerprint density at radius 2 is 1.50 bits per heavy atom. The van der Waals surface area contributed by atoms with Gasteiger partial charge in [0, 0.05) is 52.2 Å². The number of hydrogen-bond donors (Lipinski definition) is 0. The first kappa shape index (κ1) is 27.5. The lowest BCUT2D eigenvalue weighted by Gasteiger charge is -2.20. The molecule has 2 aromatic heterocycles. The van der Waals surface area contributed by atoms with E-state index in [1.54, 1.807) is 0 Å². The smallest absolute Gasteiger partial charge is 0.248 e. The van der Waals surface area contributed by atoms with Gasteiger partial charge in [-0.3, -0.25) is 0 Å². The summed E-state index contributed by atoms with van der Waals surface area (Å²) >= 11 is 0. The summed E-state index contributed by atoms with van der Waals surface area (Å²) in [6.07, 6.45) is 6.17. The van der Waals surface area contributed by atoms with Gasteiger partial charge in [0.1, 0.15) is 12.4 Å². The van der Waals surface area contributed by atoms with Crippen molar-refractivity contribution in [3.05, 3.63) is 121 Å². The minimum Gasteiger partial charge on any atom is -0.489 e. The van der Waals surface area contributed by atoms with Gasteiger partial charge in [-0.15, -0.1) is 19.4 Å². The quantitative estimate of drug-likeness (QED) is 0.128. The van der Waals surface area contributed by atoms with Crippen molar-refractivity contribution in [3.8, 4) is 34.3 Å². The van der Waals surface area contributed by atoms with Gasteiger partial charge in [-0.2, -0.15) is 0 Å².